The molecule has 0 saturated heterocycles. The van der Waals surface area contributed by atoms with Crippen LogP contribution in [0.4, 0.5) is 50.4 Å². The molecule has 0 unspecified atom stereocenters. The van der Waals surface area contributed by atoms with Gasteiger partial charge in [-0.2, -0.15) is 15.8 Å². The van der Waals surface area contributed by atoms with Crippen molar-refractivity contribution in [3.63, 3.8) is 0 Å². The van der Waals surface area contributed by atoms with E-state index in [0.717, 1.165) is 67.6 Å². The molecular formula is C40H31F12N17P2Ru. The van der Waals surface area contributed by atoms with E-state index >= 15 is 0 Å². The van der Waals surface area contributed by atoms with Gasteiger partial charge in [-0.15, -0.1) is 20.4 Å². The Kier molecular flexibility index (Phi) is 17.7. The molecule has 0 spiro atoms. The maximum atomic E-state index is 9.87. The third kappa shape index (κ3) is 19.7. The second kappa shape index (κ2) is 21.9. The van der Waals surface area contributed by atoms with Crippen LogP contribution in [0.15, 0.2) is 134 Å². The van der Waals surface area contributed by atoms with Gasteiger partial charge >= 0.3 is 85.5 Å². The number of hydrogen-bond donors (Lipinski definition) is 0. The van der Waals surface area contributed by atoms with E-state index < -0.39 is 15.6 Å². The number of fused-ring (bicyclic) bond motifs is 4. The van der Waals surface area contributed by atoms with Crippen molar-refractivity contribution in [2.24, 2.45) is 0 Å². The number of pyridine rings is 6. The van der Waals surface area contributed by atoms with E-state index in [1.165, 1.54) is 20.8 Å². The van der Waals surface area contributed by atoms with Crippen molar-refractivity contribution in [2.75, 3.05) is 0 Å². The van der Waals surface area contributed by atoms with Crippen LogP contribution in [0, 0.1) is 34.0 Å². The van der Waals surface area contributed by atoms with E-state index in [-0.39, 0.29) is 19.5 Å². The average Bonchev–Trinajstić information content (AvgIpc) is 4.10. The van der Waals surface area contributed by atoms with Gasteiger partial charge in [0.05, 0.1) is 43.0 Å². The van der Waals surface area contributed by atoms with Gasteiger partial charge in [-0.25, -0.2) is 9.97 Å². The van der Waals surface area contributed by atoms with E-state index in [1.807, 2.05) is 134 Å². The van der Waals surface area contributed by atoms with Crippen LogP contribution in [0.5, 0.6) is 0 Å². The first kappa shape index (κ1) is 58.2. The summed E-state index contributed by atoms with van der Waals surface area (Å²) in [7, 11) is -21.3. The topological polar surface area (TPSA) is 222 Å². The Balaban J connectivity index is 0.000000266. The van der Waals surface area contributed by atoms with Crippen LogP contribution in [0.3, 0.4) is 0 Å². The second-order valence-electron chi connectivity index (χ2n) is 13.3. The Bertz CT molecular complexity index is 3100. The van der Waals surface area contributed by atoms with Gasteiger partial charge in [-0.1, -0.05) is 36.4 Å². The maximum Gasteiger partial charge on any atom is 2.00 e. The Labute approximate surface area is 409 Å². The first-order chi connectivity index (χ1) is 32.9. The molecule has 0 aliphatic carbocycles. The standard InChI is InChI=1S/2C17H11N7.3C2H3N.2F6P.Ru/c2*1-3-10-23-14(8-1)16(19-21-23)12-6-5-7-13(18-12)17-15-9-2-4-11-24(15)22-20-17;3*1-2-3;2*1-7(2,3,4,5)6;/h2*1-11H;3*1H3;;;/q;;;;;2*-1;+2. The molecule has 10 aromatic rings. The molecule has 0 aliphatic heterocycles. The Morgan fingerprint density at radius 2 is 0.542 bits per heavy atom. The van der Waals surface area contributed by atoms with Crippen molar-refractivity contribution in [2.45, 2.75) is 20.8 Å². The molecule has 0 amide bonds. The van der Waals surface area contributed by atoms with Crippen molar-refractivity contribution in [3.05, 3.63) is 134 Å². The summed E-state index contributed by atoms with van der Waals surface area (Å²) in [6, 6.07) is 40.2. The molecule has 0 bridgehead atoms. The zero-order valence-corrected chi connectivity index (χ0v) is 40.1. The van der Waals surface area contributed by atoms with E-state index in [9.17, 15) is 50.4 Å². The fourth-order valence-electron chi connectivity index (χ4n) is 5.50. The minimum atomic E-state index is -10.7. The molecule has 10 aromatic heterocycles. The first-order valence-corrected chi connectivity index (χ1v) is 23.2. The summed E-state index contributed by atoms with van der Waals surface area (Å²) in [5, 5.41) is 55.5. The largest absolute Gasteiger partial charge is 2.00 e. The fraction of sp³-hybridized carbons (Fsp3) is 0.0750. The minimum absolute atomic E-state index is 0. The molecule has 32 heteroatoms. The van der Waals surface area contributed by atoms with Gasteiger partial charge in [-0.3, -0.25) is 38.9 Å². The number of rotatable bonds is 4. The normalized spacial score (nSPS) is 12.4. The van der Waals surface area contributed by atoms with Crippen molar-refractivity contribution < 1.29 is 87.9 Å². The summed E-state index contributed by atoms with van der Waals surface area (Å²) in [5.74, 6) is 0. The van der Waals surface area contributed by atoms with Gasteiger partial charge in [-0.05, 0) is 72.8 Å². The van der Waals surface area contributed by atoms with E-state index in [4.69, 9.17) is 25.8 Å². The summed E-state index contributed by atoms with van der Waals surface area (Å²) < 4.78 is 125. The van der Waals surface area contributed by atoms with Crippen LogP contribution in [0.2, 0.25) is 0 Å². The third-order valence-corrected chi connectivity index (χ3v) is 7.76. The first-order valence-electron chi connectivity index (χ1n) is 19.2. The van der Waals surface area contributed by atoms with E-state index in [1.54, 1.807) is 36.3 Å². The number of halogens is 12. The maximum absolute atomic E-state index is 10.7. The number of hydrogen-bond acceptors (Lipinski definition) is 9. The quantitative estimate of drug-likeness (QED) is 0.0694. The summed E-state index contributed by atoms with van der Waals surface area (Å²) in [5.41, 5.74) is 9.65. The molecule has 0 aliphatic rings. The zero-order chi connectivity index (χ0) is 52.8. The Morgan fingerprint density at radius 3 is 0.722 bits per heavy atom. The molecule has 72 heavy (non-hydrogen) atoms. The van der Waals surface area contributed by atoms with Crippen LogP contribution >= 0.6 is 15.6 Å². The smallest absolute Gasteiger partial charge is 0.298 e. The Morgan fingerprint density at radius 1 is 0.361 bits per heavy atom. The molecule has 0 radical (unpaired) electrons. The second-order valence-corrected chi connectivity index (χ2v) is 17.1. The predicted octanol–water partition coefficient (Wildman–Crippen LogP) is 9.55. The minimum Gasteiger partial charge on any atom is -0.298 e. The molecule has 378 valence electrons. The number of nitrogens with zero attached hydrogens (tertiary/aromatic N) is 17. The number of nitriles is 3. The summed E-state index contributed by atoms with van der Waals surface area (Å²) in [6.45, 7) is 4.29. The van der Waals surface area contributed by atoms with Crippen molar-refractivity contribution in [1.29, 1.82) is 15.8 Å². The van der Waals surface area contributed by atoms with Gasteiger partial charge in [0.15, 0.2) is 22.1 Å². The van der Waals surface area contributed by atoms with Gasteiger partial charge < -0.3 is 0 Å². The molecule has 0 fully saturated rings. The van der Waals surface area contributed by atoms with E-state index in [2.05, 4.69) is 41.2 Å². The zero-order valence-electron chi connectivity index (χ0n) is 36.6. The van der Waals surface area contributed by atoms with Gasteiger partial charge in [0.1, 0.15) is 22.8 Å². The monoisotopic (exact) mass is 1140 g/mol. The number of aromatic nitrogens is 14. The van der Waals surface area contributed by atoms with Gasteiger partial charge in [0, 0.05) is 20.8 Å². The van der Waals surface area contributed by atoms with E-state index in [0.29, 0.717) is 0 Å². The molecular weight excluding hydrogens is 1110 g/mol. The van der Waals surface area contributed by atoms with Crippen LogP contribution in [-0.2, 0) is 19.5 Å². The summed E-state index contributed by atoms with van der Waals surface area (Å²) in [6.07, 6.45) is 7.45. The van der Waals surface area contributed by atoms with Crippen molar-refractivity contribution in [1.82, 2.24) is 51.2 Å². The Hall–Kier alpha value is -8.11. The van der Waals surface area contributed by atoms with Crippen LogP contribution in [0.1, 0.15) is 20.8 Å². The molecule has 0 aromatic carbocycles. The molecule has 17 nitrogen and oxygen atoms in total. The SMILES string of the molecule is CC#N.CC#N.CC#N.F[P-](F)(F)(F)(F)F.F[P-](F)(F)(F)(F)F.[Ru+2].c1cc(-c2n[n-][n+]3ccccc23)nc(-c2n[n-][n+]3ccccc23)c1.c1cc(-c2n[n-][n+]3ccccc23)nc(-c2n[n-][n+]3ccccc23)c1. The van der Waals surface area contributed by atoms with Crippen molar-refractivity contribution in [3.8, 4) is 63.8 Å². The van der Waals surface area contributed by atoms with Crippen molar-refractivity contribution >= 4 is 37.7 Å². The van der Waals surface area contributed by atoms with Gasteiger partial charge in [0.25, 0.3) is 0 Å². The average molecular weight is 1140 g/mol. The molecule has 0 atom stereocenters. The predicted molar refractivity (Wildman–Crippen MR) is 228 cm³/mol. The summed E-state index contributed by atoms with van der Waals surface area (Å²) in [4.78, 5) is 9.45. The van der Waals surface area contributed by atoms with Crippen LogP contribution in [0.25, 0.3) is 67.6 Å². The van der Waals surface area contributed by atoms with Crippen LogP contribution < -0.4 is 38.9 Å². The van der Waals surface area contributed by atoms with Gasteiger partial charge in [0.2, 0.25) is 22.8 Å². The fourth-order valence-corrected chi connectivity index (χ4v) is 5.50. The summed E-state index contributed by atoms with van der Waals surface area (Å²) >= 11 is 0. The molecule has 0 N–H and O–H groups in total. The third-order valence-electron chi connectivity index (χ3n) is 7.76. The molecule has 0 saturated carbocycles. The molecule has 10 heterocycles. The van der Waals surface area contributed by atoms with Crippen LogP contribution in [-0.4, -0.2) is 30.4 Å². The molecule has 10 rings (SSSR count).